The van der Waals surface area contributed by atoms with Crippen molar-refractivity contribution in [2.24, 2.45) is 0 Å². The SMILES string of the molecule is Cc1cccc(NC2CCS(=O)(=O)C2)c1N. The Morgan fingerprint density at radius 2 is 2.19 bits per heavy atom. The van der Waals surface area contributed by atoms with Gasteiger partial charge in [-0.15, -0.1) is 0 Å². The average Bonchev–Trinajstić information content (AvgIpc) is 2.53. The monoisotopic (exact) mass is 240 g/mol. The van der Waals surface area contributed by atoms with E-state index in [0.29, 0.717) is 12.1 Å². The molecule has 0 saturated carbocycles. The second-order valence-electron chi connectivity index (χ2n) is 4.28. The van der Waals surface area contributed by atoms with Crippen LogP contribution in [0.2, 0.25) is 0 Å². The standard InChI is InChI=1S/C11H16N2O2S/c1-8-3-2-4-10(11(8)12)13-9-5-6-16(14,15)7-9/h2-4,9,13H,5-7,12H2,1H3. The number of nitrogen functional groups attached to an aromatic ring is 1. The molecule has 1 aromatic rings. The molecule has 1 aliphatic heterocycles. The molecule has 0 radical (unpaired) electrons. The molecule has 4 nitrogen and oxygen atoms in total. The number of rotatable bonds is 2. The van der Waals surface area contributed by atoms with Crippen LogP contribution in [0.5, 0.6) is 0 Å². The van der Waals surface area contributed by atoms with Gasteiger partial charge in [0.05, 0.1) is 22.9 Å². The number of anilines is 2. The van der Waals surface area contributed by atoms with E-state index in [1.54, 1.807) is 0 Å². The molecule has 2 rings (SSSR count). The van der Waals surface area contributed by atoms with E-state index >= 15 is 0 Å². The number of aryl methyl sites for hydroxylation is 1. The fourth-order valence-electron chi connectivity index (χ4n) is 1.94. The third-order valence-electron chi connectivity index (χ3n) is 2.92. The smallest absolute Gasteiger partial charge is 0.152 e. The summed E-state index contributed by atoms with van der Waals surface area (Å²) < 4.78 is 22.6. The highest BCUT2D eigenvalue weighted by molar-refractivity contribution is 7.91. The topological polar surface area (TPSA) is 72.2 Å². The lowest BCUT2D eigenvalue weighted by molar-refractivity contribution is 0.602. The fraction of sp³-hybridized carbons (Fsp3) is 0.455. The van der Waals surface area contributed by atoms with Gasteiger partial charge in [-0.2, -0.15) is 0 Å². The summed E-state index contributed by atoms with van der Waals surface area (Å²) in [5, 5.41) is 3.20. The summed E-state index contributed by atoms with van der Waals surface area (Å²) in [5.74, 6) is 0.483. The Morgan fingerprint density at radius 1 is 1.44 bits per heavy atom. The van der Waals surface area contributed by atoms with E-state index in [2.05, 4.69) is 5.32 Å². The largest absolute Gasteiger partial charge is 0.397 e. The Labute approximate surface area is 95.8 Å². The van der Waals surface area contributed by atoms with E-state index in [9.17, 15) is 8.42 Å². The number of para-hydroxylation sites is 1. The molecule has 0 bridgehead atoms. The quantitative estimate of drug-likeness (QED) is 0.761. The fourth-order valence-corrected chi connectivity index (χ4v) is 3.61. The highest BCUT2D eigenvalue weighted by atomic mass is 32.2. The van der Waals surface area contributed by atoms with Gasteiger partial charge in [0.2, 0.25) is 0 Å². The zero-order valence-corrected chi connectivity index (χ0v) is 10.0. The zero-order valence-electron chi connectivity index (χ0n) is 9.23. The molecule has 1 unspecified atom stereocenters. The van der Waals surface area contributed by atoms with Crippen molar-refractivity contribution in [1.29, 1.82) is 0 Å². The summed E-state index contributed by atoms with van der Waals surface area (Å²) in [6, 6.07) is 5.73. The second-order valence-corrected chi connectivity index (χ2v) is 6.51. The second kappa shape index (κ2) is 3.97. The van der Waals surface area contributed by atoms with Crippen LogP contribution < -0.4 is 11.1 Å². The zero-order chi connectivity index (χ0) is 11.8. The van der Waals surface area contributed by atoms with Gasteiger partial charge in [0, 0.05) is 6.04 Å². The van der Waals surface area contributed by atoms with E-state index in [0.717, 1.165) is 11.3 Å². The summed E-state index contributed by atoms with van der Waals surface area (Å²) in [7, 11) is -2.84. The summed E-state index contributed by atoms with van der Waals surface area (Å²) in [4.78, 5) is 0. The molecule has 16 heavy (non-hydrogen) atoms. The number of hydrogen-bond acceptors (Lipinski definition) is 4. The molecule has 1 fully saturated rings. The molecule has 0 amide bonds. The maximum absolute atomic E-state index is 11.3. The van der Waals surface area contributed by atoms with Crippen molar-refractivity contribution in [3.8, 4) is 0 Å². The first-order valence-electron chi connectivity index (χ1n) is 5.30. The highest BCUT2D eigenvalue weighted by Crippen LogP contribution is 2.25. The number of nitrogens with one attached hydrogen (secondary N) is 1. The molecule has 0 spiro atoms. The lowest BCUT2D eigenvalue weighted by Gasteiger charge is -2.15. The van der Waals surface area contributed by atoms with Crippen LogP contribution in [0.4, 0.5) is 11.4 Å². The Bertz CT molecular complexity index is 497. The average molecular weight is 240 g/mol. The molecule has 1 heterocycles. The Kier molecular flexibility index (Phi) is 2.80. The van der Waals surface area contributed by atoms with Crippen LogP contribution in [0.25, 0.3) is 0 Å². The van der Waals surface area contributed by atoms with Crippen LogP contribution in [0.1, 0.15) is 12.0 Å². The molecule has 1 atom stereocenters. The lowest BCUT2D eigenvalue weighted by Crippen LogP contribution is -2.21. The minimum atomic E-state index is -2.84. The van der Waals surface area contributed by atoms with Crippen molar-refractivity contribution >= 4 is 21.2 Å². The van der Waals surface area contributed by atoms with E-state index in [1.165, 1.54) is 0 Å². The third kappa shape index (κ3) is 2.29. The van der Waals surface area contributed by atoms with Gasteiger partial charge >= 0.3 is 0 Å². The van der Waals surface area contributed by atoms with Gasteiger partial charge in [-0.3, -0.25) is 0 Å². The predicted octanol–water partition coefficient (Wildman–Crippen LogP) is 1.18. The number of nitrogens with two attached hydrogens (primary N) is 1. The maximum Gasteiger partial charge on any atom is 0.152 e. The van der Waals surface area contributed by atoms with Crippen molar-refractivity contribution in [1.82, 2.24) is 0 Å². The molecule has 1 saturated heterocycles. The van der Waals surface area contributed by atoms with Crippen LogP contribution in [0, 0.1) is 6.92 Å². The minimum Gasteiger partial charge on any atom is -0.397 e. The molecule has 88 valence electrons. The van der Waals surface area contributed by atoms with Gasteiger partial charge in [0.25, 0.3) is 0 Å². The maximum atomic E-state index is 11.3. The molecule has 1 aliphatic rings. The van der Waals surface area contributed by atoms with Crippen molar-refractivity contribution in [3.63, 3.8) is 0 Å². The first kappa shape index (κ1) is 11.3. The molecule has 5 heteroatoms. The van der Waals surface area contributed by atoms with Crippen molar-refractivity contribution in [3.05, 3.63) is 23.8 Å². The number of benzene rings is 1. The van der Waals surface area contributed by atoms with Crippen LogP contribution in [-0.2, 0) is 9.84 Å². The van der Waals surface area contributed by atoms with Gasteiger partial charge in [-0.05, 0) is 25.0 Å². The van der Waals surface area contributed by atoms with Gasteiger partial charge in [-0.25, -0.2) is 8.42 Å². The summed E-state index contributed by atoms with van der Waals surface area (Å²) in [6.07, 6.45) is 0.662. The molecular formula is C11H16N2O2S. The lowest BCUT2D eigenvalue weighted by atomic mass is 10.1. The molecule has 0 aromatic heterocycles. The minimum absolute atomic E-state index is 0.00546. The molecule has 3 N–H and O–H groups in total. The van der Waals surface area contributed by atoms with E-state index in [4.69, 9.17) is 5.73 Å². The first-order valence-corrected chi connectivity index (χ1v) is 7.12. The molecular weight excluding hydrogens is 224 g/mol. The molecule has 1 aromatic carbocycles. The van der Waals surface area contributed by atoms with Crippen molar-refractivity contribution in [2.75, 3.05) is 22.6 Å². The number of sulfone groups is 1. The summed E-state index contributed by atoms with van der Waals surface area (Å²) in [6.45, 7) is 1.94. The van der Waals surface area contributed by atoms with Gasteiger partial charge < -0.3 is 11.1 Å². The van der Waals surface area contributed by atoms with Crippen LogP contribution in [0.15, 0.2) is 18.2 Å². The normalized spacial score (nSPS) is 23.2. The van der Waals surface area contributed by atoms with Crippen molar-refractivity contribution in [2.45, 2.75) is 19.4 Å². The Hall–Kier alpha value is -1.23. The predicted molar refractivity (Wildman–Crippen MR) is 66.3 cm³/mol. The van der Waals surface area contributed by atoms with E-state index in [-0.39, 0.29) is 17.5 Å². The van der Waals surface area contributed by atoms with Gasteiger partial charge in [0.1, 0.15) is 0 Å². The van der Waals surface area contributed by atoms with E-state index < -0.39 is 9.84 Å². The first-order chi connectivity index (χ1) is 7.48. The summed E-state index contributed by atoms with van der Waals surface area (Å²) >= 11 is 0. The third-order valence-corrected chi connectivity index (χ3v) is 4.68. The van der Waals surface area contributed by atoms with Crippen LogP contribution in [0.3, 0.4) is 0 Å². The Morgan fingerprint density at radius 3 is 2.81 bits per heavy atom. The van der Waals surface area contributed by atoms with Gasteiger partial charge in [-0.1, -0.05) is 12.1 Å². The van der Waals surface area contributed by atoms with Crippen LogP contribution in [-0.4, -0.2) is 26.0 Å². The summed E-state index contributed by atoms with van der Waals surface area (Å²) in [5.41, 5.74) is 8.46. The van der Waals surface area contributed by atoms with E-state index in [1.807, 2.05) is 25.1 Å². The molecule has 0 aliphatic carbocycles. The van der Waals surface area contributed by atoms with Crippen molar-refractivity contribution < 1.29 is 8.42 Å². The van der Waals surface area contributed by atoms with Gasteiger partial charge in [0.15, 0.2) is 9.84 Å². The van der Waals surface area contributed by atoms with Crippen LogP contribution >= 0.6 is 0 Å². The highest BCUT2D eigenvalue weighted by Gasteiger charge is 2.27. The number of hydrogen-bond donors (Lipinski definition) is 2. The Balaban J connectivity index is 2.14.